The molecule has 3 aromatic rings. The van der Waals surface area contributed by atoms with E-state index in [9.17, 15) is 4.79 Å². The van der Waals surface area contributed by atoms with Gasteiger partial charge in [-0.15, -0.1) is 24.2 Å². The molecule has 0 fully saturated rings. The number of hydrogen-bond donors (Lipinski definition) is 0. The van der Waals surface area contributed by atoms with Gasteiger partial charge >= 0.3 is 0 Å². The van der Waals surface area contributed by atoms with Crippen molar-refractivity contribution in [3.63, 3.8) is 0 Å². The monoisotopic (exact) mass is 449 g/mol. The maximum absolute atomic E-state index is 13.0. The van der Waals surface area contributed by atoms with Gasteiger partial charge in [-0.2, -0.15) is 0 Å². The standard InChI is InChI=1S/C22H27N3OS2.ClH/c1-17-10-12-18(13-11-17)27-16-6-9-21(26)25(15-14-24(2)3)22-23-19-7-4-5-8-20(19)28-22;/h4-5,7-8,10-13H,6,9,14-16H2,1-3H3;1H. The van der Waals surface area contributed by atoms with E-state index in [1.54, 1.807) is 11.3 Å². The topological polar surface area (TPSA) is 36.4 Å². The molecule has 0 unspecified atom stereocenters. The molecule has 3 rings (SSSR count). The molecule has 0 aliphatic carbocycles. The lowest BCUT2D eigenvalue weighted by Gasteiger charge is -2.22. The SMILES string of the molecule is Cc1ccc(SCCCC(=O)N(CCN(C)C)c2nc3ccccc3s2)cc1.Cl. The third-order valence-corrected chi connectivity index (χ3v) is 6.57. The molecule has 1 amide bonds. The van der Waals surface area contributed by atoms with E-state index in [1.165, 1.54) is 10.5 Å². The molecule has 0 radical (unpaired) electrons. The zero-order valence-electron chi connectivity index (χ0n) is 17.1. The molecule has 0 saturated carbocycles. The molecular formula is C22H28ClN3OS2. The van der Waals surface area contributed by atoms with Crippen LogP contribution < -0.4 is 4.90 Å². The molecule has 0 aliphatic rings. The van der Waals surface area contributed by atoms with Crippen LogP contribution in [0, 0.1) is 6.92 Å². The smallest absolute Gasteiger partial charge is 0.228 e. The maximum Gasteiger partial charge on any atom is 0.228 e. The Morgan fingerprint density at radius 1 is 1.07 bits per heavy atom. The summed E-state index contributed by atoms with van der Waals surface area (Å²) in [6.07, 6.45) is 1.41. The Morgan fingerprint density at radius 3 is 2.48 bits per heavy atom. The molecule has 4 nitrogen and oxygen atoms in total. The summed E-state index contributed by atoms with van der Waals surface area (Å²) in [5.74, 6) is 1.10. The van der Waals surface area contributed by atoms with E-state index < -0.39 is 0 Å². The minimum Gasteiger partial charge on any atom is -0.308 e. The first kappa shape index (κ1) is 23.7. The van der Waals surface area contributed by atoms with Gasteiger partial charge in [0, 0.05) is 24.4 Å². The number of carbonyl (C=O) groups excluding carboxylic acids is 1. The predicted molar refractivity (Wildman–Crippen MR) is 129 cm³/mol. The van der Waals surface area contributed by atoms with Crippen LogP contribution in [-0.2, 0) is 4.79 Å². The second kappa shape index (κ2) is 11.6. The lowest BCUT2D eigenvalue weighted by Crippen LogP contribution is -2.36. The highest BCUT2D eigenvalue weighted by atomic mass is 35.5. The van der Waals surface area contributed by atoms with Crippen molar-refractivity contribution < 1.29 is 4.79 Å². The van der Waals surface area contributed by atoms with Crippen molar-refractivity contribution in [1.82, 2.24) is 9.88 Å². The van der Waals surface area contributed by atoms with Gasteiger partial charge in [0.15, 0.2) is 5.13 Å². The highest BCUT2D eigenvalue weighted by Gasteiger charge is 2.19. The molecule has 1 aromatic heterocycles. The first-order valence-corrected chi connectivity index (χ1v) is 11.3. The van der Waals surface area contributed by atoms with Gasteiger partial charge in [-0.1, -0.05) is 41.2 Å². The Kier molecular flexibility index (Phi) is 9.43. The summed E-state index contributed by atoms with van der Waals surface area (Å²) in [6.45, 7) is 3.58. The van der Waals surface area contributed by atoms with Crippen molar-refractivity contribution in [2.24, 2.45) is 0 Å². The van der Waals surface area contributed by atoms with Crippen LogP contribution in [0.2, 0.25) is 0 Å². The number of halogens is 1. The van der Waals surface area contributed by atoms with Crippen LogP contribution >= 0.6 is 35.5 Å². The average Bonchev–Trinajstić information content (AvgIpc) is 3.10. The van der Waals surface area contributed by atoms with Crippen molar-refractivity contribution in [3.8, 4) is 0 Å². The number of carbonyl (C=O) groups is 1. The summed E-state index contributed by atoms with van der Waals surface area (Å²) in [5, 5.41) is 0.805. The molecule has 156 valence electrons. The van der Waals surface area contributed by atoms with Crippen LogP contribution in [0.5, 0.6) is 0 Å². The molecule has 29 heavy (non-hydrogen) atoms. The van der Waals surface area contributed by atoms with Crippen LogP contribution in [0.1, 0.15) is 18.4 Å². The Labute approximate surface area is 187 Å². The summed E-state index contributed by atoms with van der Waals surface area (Å²) in [6, 6.07) is 16.6. The lowest BCUT2D eigenvalue weighted by atomic mass is 10.2. The summed E-state index contributed by atoms with van der Waals surface area (Å²) in [7, 11) is 4.05. The molecule has 0 N–H and O–H groups in total. The second-order valence-corrected chi connectivity index (χ2v) is 9.26. The van der Waals surface area contributed by atoms with Gasteiger partial charge in [0.2, 0.25) is 5.91 Å². The molecule has 0 aliphatic heterocycles. The first-order chi connectivity index (χ1) is 13.5. The number of benzene rings is 2. The number of anilines is 1. The van der Waals surface area contributed by atoms with E-state index in [2.05, 4.69) is 42.2 Å². The van der Waals surface area contributed by atoms with Gasteiger partial charge in [-0.25, -0.2) is 4.98 Å². The summed E-state index contributed by atoms with van der Waals surface area (Å²) >= 11 is 3.40. The third-order valence-electron chi connectivity index (χ3n) is 4.41. The normalized spacial score (nSPS) is 10.9. The Hall–Kier alpha value is -1.60. The third kappa shape index (κ3) is 7.00. The largest absolute Gasteiger partial charge is 0.308 e. The Morgan fingerprint density at radius 2 is 1.79 bits per heavy atom. The number of para-hydroxylation sites is 1. The van der Waals surface area contributed by atoms with E-state index >= 15 is 0 Å². The first-order valence-electron chi connectivity index (χ1n) is 9.53. The van der Waals surface area contributed by atoms with Gasteiger partial charge in [0.25, 0.3) is 0 Å². The highest BCUT2D eigenvalue weighted by Crippen LogP contribution is 2.29. The zero-order chi connectivity index (χ0) is 19.9. The predicted octanol–water partition coefficient (Wildman–Crippen LogP) is 5.49. The molecule has 0 bridgehead atoms. The quantitative estimate of drug-likeness (QED) is 0.319. The Balaban J connectivity index is 0.00000300. The van der Waals surface area contributed by atoms with Gasteiger partial charge in [-0.05, 0) is 57.5 Å². The van der Waals surface area contributed by atoms with Crippen molar-refractivity contribution in [2.75, 3.05) is 37.8 Å². The van der Waals surface area contributed by atoms with Gasteiger partial charge in [0.1, 0.15) is 0 Å². The molecular weight excluding hydrogens is 422 g/mol. The van der Waals surface area contributed by atoms with Crippen molar-refractivity contribution in [2.45, 2.75) is 24.7 Å². The number of rotatable bonds is 9. The maximum atomic E-state index is 13.0. The molecule has 0 spiro atoms. The summed E-state index contributed by atoms with van der Waals surface area (Å²) < 4.78 is 1.12. The van der Waals surface area contributed by atoms with Crippen molar-refractivity contribution in [3.05, 3.63) is 54.1 Å². The molecule has 2 aromatic carbocycles. The van der Waals surface area contributed by atoms with Gasteiger partial charge in [0.05, 0.1) is 10.2 Å². The van der Waals surface area contributed by atoms with E-state index in [4.69, 9.17) is 4.98 Å². The fraction of sp³-hybridized carbons (Fsp3) is 0.364. The fourth-order valence-corrected chi connectivity index (χ4v) is 4.65. The van der Waals surface area contributed by atoms with E-state index in [0.29, 0.717) is 13.0 Å². The lowest BCUT2D eigenvalue weighted by molar-refractivity contribution is -0.118. The highest BCUT2D eigenvalue weighted by molar-refractivity contribution is 7.99. The number of aromatic nitrogens is 1. The minimum atomic E-state index is 0. The van der Waals surface area contributed by atoms with Crippen LogP contribution in [0.15, 0.2) is 53.4 Å². The van der Waals surface area contributed by atoms with E-state index in [-0.39, 0.29) is 18.3 Å². The number of likely N-dealkylation sites (N-methyl/N-ethyl adjacent to an activating group) is 1. The number of hydrogen-bond acceptors (Lipinski definition) is 5. The second-order valence-electron chi connectivity index (χ2n) is 7.08. The zero-order valence-corrected chi connectivity index (χ0v) is 19.6. The minimum absolute atomic E-state index is 0. The van der Waals surface area contributed by atoms with E-state index in [1.807, 2.05) is 49.0 Å². The number of amides is 1. The Bertz CT molecular complexity index is 879. The molecule has 0 atom stereocenters. The number of thiazole rings is 1. The van der Waals surface area contributed by atoms with Crippen LogP contribution in [0.3, 0.4) is 0 Å². The molecule has 0 saturated heterocycles. The van der Waals surface area contributed by atoms with Gasteiger partial charge in [-0.3, -0.25) is 9.69 Å². The summed E-state index contributed by atoms with van der Waals surface area (Å²) in [4.78, 5) is 22.9. The van der Waals surface area contributed by atoms with Crippen LogP contribution in [0.25, 0.3) is 10.2 Å². The van der Waals surface area contributed by atoms with Crippen molar-refractivity contribution >= 4 is 56.8 Å². The van der Waals surface area contributed by atoms with Crippen molar-refractivity contribution in [1.29, 1.82) is 0 Å². The van der Waals surface area contributed by atoms with Crippen LogP contribution in [0.4, 0.5) is 5.13 Å². The van der Waals surface area contributed by atoms with E-state index in [0.717, 1.165) is 34.1 Å². The van der Waals surface area contributed by atoms with Gasteiger partial charge < -0.3 is 4.90 Å². The number of fused-ring (bicyclic) bond motifs is 1. The fourth-order valence-electron chi connectivity index (χ4n) is 2.79. The number of aryl methyl sites for hydroxylation is 1. The number of thioether (sulfide) groups is 1. The average molecular weight is 450 g/mol. The molecule has 7 heteroatoms. The molecule has 1 heterocycles. The number of nitrogens with zero attached hydrogens (tertiary/aromatic N) is 3. The van der Waals surface area contributed by atoms with Crippen LogP contribution in [-0.4, -0.2) is 48.7 Å². The summed E-state index contributed by atoms with van der Waals surface area (Å²) in [5.41, 5.74) is 2.23.